The number of carbonyl (C=O) groups is 2. The topological polar surface area (TPSA) is 121 Å². The molecule has 7 nitrogen and oxygen atoms in total. The summed E-state index contributed by atoms with van der Waals surface area (Å²) in [6, 6.07) is -0.959. The van der Waals surface area contributed by atoms with Crippen LogP contribution in [0.2, 0.25) is 0 Å². The Morgan fingerprint density at radius 2 is 2.29 bits per heavy atom. The number of hydrogen-bond donors (Lipinski definition) is 4. The molecule has 0 saturated carbocycles. The van der Waals surface area contributed by atoms with Crippen LogP contribution in [0.1, 0.15) is 12.1 Å². The van der Waals surface area contributed by atoms with Gasteiger partial charge in [-0.2, -0.15) is 0 Å². The van der Waals surface area contributed by atoms with E-state index in [1.54, 1.807) is 0 Å². The summed E-state index contributed by atoms with van der Waals surface area (Å²) in [6.45, 7) is 0.197. The number of nitrogens with zero attached hydrogens (tertiary/aromatic N) is 1. The Bertz CT molecular complexity index is 355. The van der Waals surface area contributed by atoms with E-state index in [4.69, 9.17) is 10.8 Å². The summed E-state index contributed by atoms with van der Waals surface area (Å²) < 4.78 is 0. The van der Waals surface area contributed by atoms with E-state index in [0.29, 0.717) is 5.69 Å². The molecule has 1 unspecified atom stereocenters. The number of carbonyl (C=O) groups excluding carboxylic acids is 1. The molecule has 1 atom stereocenters. The van der Waals surface area contributed by atoms with Crippen molar-refractivity contribution < 1.29 is 34.2 Å². The second-order valence-electron chi connectivity index (χ2n) is 3.28. The molecule has 0 saturated heterocycles. The monoisotopic (exact) mass is 290 g/mol. The summed E-state index contributed by atoms with van der Waals surface area (Å²) in [7, 11) is 0. The van der Waals surface area contributed by atoms with Gasteiger partial charge in [0, 0.05) is 31.3 Å². The zero-order chi connectivity index (χ0) is 12.0. The van der Waals surface area contributed by atoms with Gasteiger partial charge in [0.25, 0.3) is 0 Å². The van der Waals surface area contributed by atoms with Crippen LogP contribution in [-0.4, -0.2) is 39.5 Å². The SMILES string of the molecule is NCCC(=O)NC(Cc1cnc[nH]1)C(=O)O.[Zn+2]. The Labute approximate surface area is 111 Å². The largest absolute Gasteiger partial charge is 2.00 e. The fraction of sp³-hybridized carbons (Fsp3) is 0.444. The van der Waals surface area contributed by atoms with E-state index in [-0.39, 0.29) is 44.8 Å². The van der Waals surface area contributed by atoms with Gasteiger partial charge in [-0.3, -0.25) is 4.79 Å². The number of aliphatic carboxylic acids is 1. The first kappa shape index (κ1) is 15.7. The minimum Gasteiger partial charge on any atom is -0.480 e. The third-order valence-electron chi connectivity index (χ3n) is 1.98. The zero-order valence-electron chi connectivity index (χ0n) is 9.35. The van der Waals surface area contributed by atoms with E-state index >= 15 is 0 Å². The van der Waals surface area contributed by atoms with Crippen molar-refractivity contribution in [3.63, 3.8) is 0 Å². The minimum atomic E-state index is -1.08. The molecule has 0 fully saturated rings. The standard InChI is InChI=1S/C9H14N4O3.Zn/c10-2-1-8(14)13-7(9(15)16)3-6-4-11-5-12-6;/h4-5,7H,1-3,10H2,(H,11,12)(H,13,14)(H,15,16);/q;+2. The number of imidazole rings is 1. The Kier molecular flexibility index (Phi) is 7.33. The van der Waals surface area contributed by atoms with Crippen molar-refractivity contribution in [2.75, 3.05) is 6.54 Å². The minimum absolute atomic E-state index is 0. The van der Waals surface area contributed by atoms with Crippen molar-refractivity contribution in [2.24, 2.45) is 5.73 Å². The van der Waals surface area contributed by atoms with Crippen molar-refractivity contribution in [3.05, 3.63) is 18.2 Å². The van der Waals surface area contributed by atoms with E-state index in [9.17, 15) is 9.59 Å². The van der Waals surface area contributed by atoms with Crippen LogP contribution in [0.15, 0.2) is 12.5 Å². The Balaban J connectivity index is 0.00000256. The van der Waals surface area contributed by atoms with Crippen LogP contribution in [0.4, 0.5) is 0 Å². The fourth-order valence-corrected chi connectivity index (χ4v) is 1.21. The smallest absolute Gasteiger partial charge is 0.480 e. The summed E-state index contributed by atoms with van der Waals surface area (Å²) in [6.07, 6.45) is 3.26. The first-order chi connectivity index (χ1) is 7.63. The molecule has 0 spiro atoms. The molecule has 0 aromatic carbocycles. The molecule has 0 aliphatic rings. The summed E-state index contributed by atoms with van der Waals surface area (Å²) >= 11 is 0. The van der Waals surface area contributed by atoms with E-state index < -0.39 is 12.0 Å². The first-order valence-corrected chi connectivity index (χ1v) is 4.83. The van der Waals surface area contributed by atoms with Gasteiger partial charge >= 0.3 is 25.4 Å². The molecule has 8 heteroatoms. The van der Waals surface area contributed by atoms with Gasteiger partial charge in [-0.25, -0.2) is 9.78 Å². The molecule has 5 N–H and O–H groups in total. The van der Waals surface area contributed by atoms with E-state index in [1.807, 2.05) is 0 Å². The van der Waals surface area contributed by atoms with E-state index in [0.717, 1.165) is 0 Å². The van der Waals surface area contributed by atoms with Gasteiger partial charge in [0.05, 0.1) is 6.33 Å². The van der Waals surface area contributed by atoms with Crippen LogP contribution in [0.25, 0.3) is 0 Å². The van der Waals surface area contributed by atoms with Crippen molar-refractivity contribution >= 4 is 11.9 Å². The third kappa shape index (κ3) is 5.56. The quantitative estimate of drug-likeness (QED) is 0.494. The van der Waals surface area contributed by atoms with Crippen LogP contribution in [0.3, 0.4) is 0 Å². The number of amides is 1. The molecule has 1 rings (SSSR count). The molecule has 17 heavy (non-hydrogen) atoms. The summed E-state index contributed by atoms with van der Waals surface area (Å²) in [5, 5.41) is 11.3. The summed E-state index contributed by atoms with van der Waals surface area (Å²) in [5.41, 5.74) is 5.85. The van der Waals surface area contributed by atoms with Gasteiger partial charge in [-0.15, -0.1) is 0 Å². The number of aromatic nitrogens is 2. The van der Waals surface area contributed by atoms with Crippen molar-refractivity contribution in [3.8, 4) is 0 Å². The number of carboxylic acid groups (broad SMARTS) is 1. The number of aromatic amines is 1. The van der Waals surface area contributed by atoms with Gasteiger partial charge in [-0.05, 0) is 0 Å². The average molecular weight is 292 g/mol. The Hall–Kier alpha value is -1.27. The van der Waals surface area contributed by atoms with Crippen molar-refractivity contribution in [1.29, 1.82) is 0 Å². The molecule has 0 aliphatic carbocycles. The van der Waals surface area contributed by atoms with E-state index in [2.05, 4.69) is 15.3 Å². The molecule has 0 bridgehead atoms. The molecule has 1 aromatic heterocycles. The maximum absolute atomic E-state index is 11.2. The van der Waals surface area contributed by atoms with Crippen LogP contribution < -0.4 is 11.1 Å². The molecule has 0 aliphatic heterocycles. The van der Waals surface area contributed by atoms with Gasteiger partial charge in [-0.1, -0.05) is 0 Å². The van der Waals surface area contributed by atoms with Crippen molar-refractivity contribution in [1.82, 2.24) is 15.3 Å². The first-order valence-electron chi connectivity index (χ1n) is 4.83. The number of carboxylic acids is 1. The van der Waals surface area contributed by atoms with Crippen LogP contribution in [-0.2, 0) is 35.5 Å². The molecule has 88 valence electrons. The zero-order valence-corrected chi connectivity index (χ0v) is 12.3. The van der Waals surface area contributed by atoms with Gasteiger partial charge in [0.2, 0.25) is 5.91 Å². The second-order valence-corrected chi connectivity index (χ2v) is 3.28. The fourth-order valence-electron chi connectivity index (χ4n) is 1.21. The Morgan fingerprint density at radius 1 is 1.59 bits per heavy atom. The molecular formula is C9H14N4O3Zn+2. The average Bonchev–Trinajstić information content (AvgIpc) is 2.69. The summed E-state index contributed by atoms with van der Waals surface area (Å²) in [5.74, 6) is -1.45. The molecule has 1 heterocycles. The number of nitrogens with one attached hydrogen (secondary N) is 2. The van der Waals surface area contributed by atoms with Gasteiger partial charge < -0.3 is 21.1 Å². The maximum Gasteiger partial charge on any atom is 2.00 e. The predicted octanol–water partition coefficient (Wildman–Crippen LogP) is -1.13. The molecular weight excluding hydrogens is 278 g/mol. The summed E-state index contributed by atoms with van der Waals surface area (Å²) in [4.78, 5) is 28.6. The van der Waals surface area contributed by atoms with Gasteiger partial charge in [0.1, 0.15) is 6.04 Å². The number of rotatable bonds is 6. The van der Waals surface area contributed by atoms with Crippen LogP contribution in [0.5, 0.6) is 0 Å². The molecule has 1 amide bonds. The van der Waals surface area contributed by atoms with Crippen LogP contribution in [0, 0.1) is 0 Å². The normalized spacial score (nSPS) is 11.4. The number of nitrogens with two attached hydrogens (primary N) is 1. The second kappa shape index (κ2) is 7.92. The van der Waals surface area contributed by atoms with Crippen LogP contribution >= 0.6 is 0 Å². The molecule has 0 radical (unpaired) electrons. The Morgan fingerprint density at radius 3 is 2.76 bits per heavy atom. The number of H-pyrrole nitrogens is 1. The maximum atomic E-state index is 11.2. The third-order valence-corrected chi connectivity index (χ3v) is 1.98. The van der Waals surface area contributed by atoms with E-state index in [1.165, 1.54) is 12.5 Å². The predicted molar refractivity (Wildman–Crippen MR) is 55.5 cm³/mol. The van der Waals surface area contributed by atoms with Gasteiger partial charge in [0.15, 0.2) is 0 Å². The molecule has 1 aromatic rings. The van der Waals surface area contributed by atoms with Crippen molar-refractivity contribution in [2.45, 2.75) is 18.9 Å². The number of hydrogen-bond acceptors (Lipinski definition) is 4.